The Morgan fingerprint density at radius 3 is 2.29 bits per heavy atom. The molecule has 0 aromatic carbocycles. The smallest absolute Gasteiger partial charge is 0.310 e. The van der Waals surface area contributed by atoms with Crippen LogP contribution in [0.5, 0.6) is 0 Å². The molecule has 5 heteroatoms. The minimum atomic E-state index is -1.04. The van der Waals surface area contributed by atoms with Crippen LogP contribution in [0.1, 0.15) is 99.3 Å². The van der Waals surface area contributed by atoms with Gasteiger partial charge in [-0.05, 0) is 98.7 Å². The summed E-state index contributed by atoms with van der Waals surface area (Å²) in [5.41, 5.74) is -1.35. The van der Waals surface area contributed by atoms with Gasteiger partial charge in [-0.15, -0.1) is 0 Å². The van der Waals surface area contributed by atoms with Crippen LogP contribution in [-0.2, 0) is 4.79 Å². The van der Waals surface area contributed by atoms with Gasteiger partial charge in [-0.3, -0.25) is 4.79 Å². The summed E-state index contributed by atoms with van der Waals surface area (Å²) in [5.74, 6) is -0.356. The maximum absolute atomic E-state index is 12.8. The van der Waals surface area contributed by atoms with Crippen molar-refractivity contribution >= 4 is 5.97 Å². The lowest BCUT2D eigenvalue weighted by atomic mass is 9.33. The standard InChI is InChI=1S/C30H48O5/c1-18-9-14-30(24(33)34)16-15-27(4)19(23(30)29(18,6)35)7-8-21-25(2)12-11-22(32)26(3,17-31)20(25)10-13-28(21,27)5/h7,18,20-23,31-32,35H,8-17H2,1-6H3,(H,33,34)/t18-,20-,21-,22-,23-,25+,26-,27-,28-,29-,30+/m1/s1. The van der Waals surface area contributed by atoms with Gasteiger partial charge in [-0.2, -0.15) is 0 Å². The fourth-order valence-corrected chi connectivity index (χ4v) is 10.9. The monoisotopic (exact) mass is 488 g/mol. The molecule has 198 valence electrons. The Morgan fingerprint density at radius 2 is 1.66 bits per heavy atom. The predicted molar refractivity (Wildman–Crippen MR) is 135 cm³/mol. The number of allylic oxidation sites excluding steroid dienone is 1. The Bertz CT molecular complexity index is 941. The van der Waals surface area contributed by atoms with E-state index in [4.69, 9.17) is 0 Å². The molecule has 5 nitrogen and oxygen atoms in total. The molecule has 0 unspecified atom stereocenters. The van der Waals surface area contributed by atoms with Crippen molar-refractivity contribution in [3.8, 4) is 0 Å². The number of carboxylic acid groups (broad SMARTS) is 1. The number of hydrogen-bond acceptors (Lipinski definition) is 4. The minimum absolute atomic E-state index is 0.0115. The van der Waals surface area contributed by atoms with Gasteiger partial charge in [0.2, 0.25) is 0 Å². The second-order valence-corrected chi connectivity index (χ2v) is 14.6. The molecule has 0 heterocycles. The van der Waals surface area contributed by atoms with Crippen molar-refractivity contribution in [1.29, 1.82) is 0 Å². The number of rotatable bonds is 2. The second-order valence-electron chi connectivity index (χ2n) is 14.6. The Labute approximate surface area is 211 Å². The molecule has 0 aliphatic heterocycles. The van der Waals surface area contributed by atoms with Crippen LogP contribution >= 0.6 is 0 Å². The molecule has 5 aliphatic carbocycles. The van der Waals surface area contributed by atoms with Crippen LogP contribution in [0.3, 0.4) is 0 Å². The molecule has 0 spiro atoms. The van der Waals surface area contributed by atoms with E-state index in [0.29, 0.717) is 18.8 Å². The number of carbonyl (C=O) groups is 1. The van der Waals surface area contributed by atoms with Gasteiger partial charge in [0.05, 0.1) is 23.7 Å². The first-order chi connectivity index (χ1) is 16.1. The normalized spacial score (nSPS) is 57.7. The van der Waals surface area contributed by atoms with E-state index in [9.17, 15) is 25.2 Å². The van der Waals surface area contributed by atoms with E-state index in [1.165, 1.54) is 5.57 Å². The number of carboxylic acids is 1. The van der Waals surface area contributed by atoms with Crippen molar-refractivity contribution in [3.63, 3.8) is 0 Å². The summed E-state index contributed by atoms with van der Waals surface area (Å²) in [6, 6.07) is 0. The SMILES string of the molecule is C[C@@H]1CC[C@]2(C(=O)O)CC[C@]3(C)C(=CC[C@@H]4[C@@]5(C)CC[C@@H](O)[C@](C)(CO)[C@@H]5CC[C@]43C)[C@@H]2[C@]1(C)O. The highest BCUT2D eigenvalue weighted by molar-refractivity contribution is 5.77. The molecular weight excluding hydrogens is 440 g/mol. The number of aliphatic carboxylic acids is 1. The molecule has 11 atom stereocenters. The molecule has 5 rings (SSSR count). The quantitative estimate of drug-likeness (QED) is 0.402. The molecule has 4 saturated carbocycles. The van der Waals surface area contributed by atoms with E-state index >= 15 is 0 Å². The van der Waals surface area contributed by atoms with Crippen LogP contribution in [0.25, 0.3) is 0 Å². The van der Waals surface area contributed by atoms with Gasteiger partial charge < -0.3 is 20.4 Å². The summed E-state index contributed by atoms with van der Waals surface area (Å²) in [4.78, 5) is 12.8. The van der Waals surface area contributed by atoms with E-state index in [1.807, 2.05) is 6.92 Å². The lowest BCUT2D eigenvalue weighted by Gasteiger charge is -2.71. The van der Waals surface area contributed by atoms with E-state index in [-0.39, 0.29) is 40.6 Å². The zero-order chi connectivity index (χ0) is 25.8. The van der Waals surface area contributed by atoms with E-state index in [2.05, 4.69) is 40.7 Å². The fourth-order valence-electron chi connectivity index (χ4n) is 10.9. The van der Waals surface area contributed by atoms with Gasteiger partial charge >= 0.3 is 5.97 Å². The number of aliphatic hydroxyl groups is 3. The number of hydrogen-bond donors (Lipinski definition) is 4. The summed E-state index contributed by atoms with van der Waals surface area (Å²) in [5, 5.41) is 43.8. The highest BCUT2D eigenvalue weighted by atomic mass is 16.4. The predicted octanol–water partition coefficient (Wildman–Crippen LogP) is 5.18. The summed E-state index contributed by atoms with van der Waals surface area (Å²) in [7, 11) is 0. The van der Waals surface area contributed by atoms with E-state index < -0.39 is 28.5 Å². The fraction of sp³-hybridized carbons (Fsp3) is 0.900. The molecule has 0 aromatic heterocycles. The van der Waals surface area contributed by atoms with Crippen molar-refractivity contribution < 1.29 is 25.2 Å². The van der Waals surface area contributed by atoms with Crippen LogP contribution in [0.4, 0.5) is 0 Å². The van der Waals surface area contributed by atoms with E-state index in [0.717, 1.165) is 44.9 Å². The van der Waals surface area contributed by atoms with Crippen molar-refractivity contribution in [2.24, 2.45) is 50.7 Å². The molecule has 0 radical (unpaired) electrons. The van der Waals surface area contributed by atoms with Crippen molar-refractivity contribution in [1.82, 2.24) is 0 Å². The van der Waals surface area contributed by atoms with Crippen molar-refractivity contribution in [2.45, 2.75) is 111 Å². The number of fused-ring (bicyclic) bond motifs is 7. The average Bonchev–Trinajstić information content (AvgIpc) is 2.79. The molecular formula is C30H48O5. The third-order valence-electron chi connectivity index (χ3n) is 13.6. The summed E-state index contributed by atoms with van der Waals surface area (Å²) in [6.45, 7) is 13.3. The lowest BCUT2D eigenvalue weighted by Crippen LogP contribution is -2.68. The second kappa shape index (κ2) is 7.57. The van der Waals surface area contributed by atoms with Crippen LogP contribution in [0.15, 0.2) is 11.6 Å². The molecule has 4 N–H and O–H groups in total. The minimum Gasteiger partial charge on any atom is -0.481 e. The first kappa shape index (κ1) is 25.7. The first-order valence-corrected chi connectivity index (χ1v) is 14.1. The number of aliphatic hydroxyl groups excluding tert-OH is 2. The molecule has 5 aliphatic rings. The van der Waals surface area contributed by atoms with Crippen LogP contribution < -0.4 is 0 Å². The molecule has 0 saturated heterocycles. The summed E-state index contributed by atoms with van der Waals surface area (Å²) >= 11 is 0. The summed E-state index contributed by atoms with van der Waals surface area (Å²) in [6.07, 6.45) is 9.32. The summed E-state index contributed by atoms with van der Waals surface area (Å²) < 4.78 is 0. The molecule has 0 aromatic rings. The molecule has 0 amide bonds. The van der Waals surface area contributed by atoms with Crippen LogP contribution in [0.2, 0.25) is 0 Å². The third kappa shape index (κ3) is 2.90. The van der Waals surface area contributed by atoms with Gasteiger partial charge in [-0.1, -0.05) is 46.3 Å². The largest absolute Gasteiger partial charge is 0.481 e. The molecule has 35 heavy (non-hydrogen) atoms. The van der Waals surface area contributed by atoms with Crippen LogP contribution in [-0.4, -0.2) is 44.7 Å². The van der Waals surface area contributed by atoms with Gasteiger partial charge in [-0.25, -0.2) is 0 Å². The van der Waals surface area contributed by atoms with E-state index in [1.54, 1.807) is 0 Å². The molecule has 0 bridgehead atoms. The Balaban J connectivity index is 1.64. The highest BCUT2D eigenvalue weighted by Crippen LogP contribution is 2.76. The average molecular weight is 489 g/mol. The Kier molecular flexibility index (Phi) is 5.56. The Hall–Kier alpha value is -0.910. The van der Waals surface area contributed by atoms with Crippen LogP contribution in [0, 0.1) is 50.7 Å². The Morgan fingerprint density at radius 1 is 0.971 bits per heavy atom. The van der Waals surface area contributed by atoms with Gasteiger partial charge in [0.25, 0.3) is 0 Å². The molecule has 4 fully saturated rings. The zero-order valence-electron chi connectivity index (χ0n) is 22.7. The van der Waals surface area contributed by atoms with Gasteiger partial charge in [0.15, 0.2) is 0 Å². The maximum Gasteiger partial charge on any atom is 0.310 e. The van der Waals surface area contributed by atoms with Crippen molar-refractivity contribution in [3.05, 3.63) is 11.6 Å². The lowest BCUT2D eigenvalue weighted by molar-refractivity contribution is -0.225. The topological polar surface area (TPSA) is 98.0 Å². The maximum atomic E-state index is 12.8. The highest BCUT2D eigenvalue weighted by Gasteiger charge is 2.71. The van der Waals surface area contributed by atoms with Gasteiger partial charge in [0.1, 0.15) is 0 Å². The first-order valence-electron chi connectivity index (χ1n) is 14.1. The third-order valence-corrected chi connectivity index (χ3v) is 13.6. The van der Waals surface area contributed by atoms with Crippen molar-refractivity contribution in [2.75, 3.05) is 6.61 Å². The zero-order valence-corrected chi connectivity index (χ0v) is 22.7. The van der Waals surface area contributed by atoms with Gasteiger partial charge in [0, 0.05) is 11.3 Å².